The third-order valence-corrected chi connectivity index (χ3v) is 2.27. The predicted molar refractivity (Wildman–Crippen MR) is 66.3 cm³/mol. The molecular formula is C12H16BF4KO2. The third kappa shape index (κ3) is 7.42. The Morgan fingerprint density at radius 3 is 2.30 bits per heavy atom. The summed E-state index contributed by atoms with van der Waals surface area (Å²) in [6, 6.07) is 2.54. The Morgan fingerprint density at radius 2 is 1.80 bits per heavy atom. The second-order valence-electron chi connectivity index (χ2n) is 4.58. The van der Waals surface area contributed by atoms with Gasteiger partial charge in [0.15, 0.2) is 0 Å². The van der Waals surface area contributed by atoms with Crippen LogP contribution >= 0.6 is 0 Å². The van der Waals surface area contributed by atoms with Gasteiger partial charge >= 0.3 is 58.4 Å². The van der Waals surface area contributed by atoms with Crippen LogP contribution in [0.25, 0.3) is 0 Å². The van der Waals surface area contributed by atoms with Crippen molar-refractivity contribution in [2.24, 2.45) is 5.92 Å². The van der Waals surface area contributed by atoms with Crippen LogP contribution in [0.4, 0.5) is 17.3 Å². The van der Waals surface area contributed by atoms with Crippen LogP contribution in [0.5, 0.6) is 5.75 Å². The van der Waals surface area contributed by atoms with Gasteiger partial charge in [-0.15, -0.1) is 0 Å². The van der Waals surface area contributed by atoms with E-state index in [4.69, 9.17) is 9.47 Å². The summed E-state index contributed by atoms with van der Waals surface area (Å²) in [5.74, 6) is -0.853. The molecule has 0 aliphatic heterocycles. The van der Waals surface area contributed by atoms with Crippen molar-refractivity contribution in [1.29, 1.82) is 0 Å². The first kappa shape index (κ1) is 20.4. The Hall–Kier alpha value is 0.401. The van der Waals surface area contributed by atoms with Crippen molar-refractivity contribution in [2.75, 3.05) is 19.8 Å². The fourth-order valence-corrected chi connectivity index (χ4v) is 1.40. The van der Waals surface area contributed by atoms with Crippen LogP contribution < -0.4 is 61.6 Å². The molecule has 0 bridgehead atoms. The first-order valence-corrected chi connectivity index (χ1v) is 6.00. The predicted octanol–water partition coefficient (Wildman–Crippen LogP) is -0.0645. The number of hydrogen-bond acceptors (Lipinski definition) is 2. The van der Waals surface area contributed by atoms with Crippen molar-refractivity contribution in [1.82, 2.24) is 0 Å². The molecule has 2 nitrogen and oxygen atoms in total. The molecule has 0 saturated carbocycles. The molecule has 0 heterocycles. The van der Waals surface area contributed by atoms with Crippen molar-refractivity contribution in [3.05, 3.63) is 24.0 Å². The fourth-order valence-electron chi connectivity index (χ4n) is 1.40. The van der Waals surface area contributed by atoms with Crippen molar-refractivity contribution < 1.29 is 78.2 Å². The van der Waals surface area contributed by atoms with Gasteiger partial charge < -0.3 is 22.4 Å². The van der Waals surface area contributed by atoms with E-state index < -0.39 is 18.3 Å². The zero-order chi connectivity index (χ0) is 14.5. The minimum Gasteiger partial charge on any atom is -0.491 e. The smallest absolute Gasteiger partial charge is 0.491 e. The Morgan fingerprint density at radius 1 is 1.15 bits per heavy atom. The minimum absolute atomic E-state index is 0. The maximum Gasteiger partial charge on any atom is 1.00 e. The van der Waals surface area contributed by atoms with Gasteiger partial charge in [0.1, 0.15) is 12.4 Å². The van der Waals surface area contributed by atoms with Crippen LogP contribution in [0.1, 0.15) is 13.8 Å². The first-order chi connectivity index (χ1) is 8.80. The van der Waals surface area contributed by atoms with E-state index in [0.717, 1.165) is 12.1 Å². The van der Waals surface area contributed by atoms with Crippen LogP contribution in [0, 0.1) is 11.7 Å². The summed E-state index contributed by atoms with van der Waals surface area (Å²) in [6.07, 6.45) is 0. The van der Waals surface area contributed by atoms with E-state index in [0.29, 0.717) is 25.2 Å². The largest absolute Gasteiger partial charge is 1.00 e. The molecule has 0 N–H and O–H groups in total. The maximum atomic E-state index is 13.2. The quantitative estimate of drug-likeness (QED) is 0.398. The fraction of sp³-hybridized carbons (Fsp3) is 0.500. The van der Waals surface area contributed by atoms with E-state index in [1.165, 1.54) is 0 Å². The summed E-state index contributed by atoms with van der Waals surface area (Å²) in [5.41, 5.74) is -1.23. The van der Waals surface area contributed by atoms with Gasteiger partial charge in [0.05, 0.1) is 12.4 Å². The van der Waals surface area contributed by atoms with E-state index in [9.17, 15) is 17.3 Å². The van der Waals surface area contributed by atoms with Crippen LogP contribution in [-0.2, 0) is 4.74 Å². The van der Waals surface area contributed by atoms with Gasteiger partial charge in [-0.3, -0.25) is 0 Å². The normalized spacial score (nSPS) is 11.3. The van der Waals surface area contributed by atoms with E-state index in [1.807, 2.05) is 13.8 Å². The maximum absolute atomic E-state index is 13.2. The van der Waals surface area contributed by atoms with Crippen LogP contribution in [0.15, 0.2) is 18.2 Å². The van der Waals surface area contributed by atoms with Gasteiger partial charge in [-0.05, 0) is 12.0 Å². The molecule has 8 heteroatoms. The molecule has 0 aromatic heterocycles. The summed E-state index contributed by atoms with van der Waals surface area (Å²) in [5, 5.41) is 0. The summed E-state index contributed by atoms with van der Waals surface area (Å²) in [4.78, 5) is 0. The molecule has 0 unspecified atom stereocenters. The van der Waals surface area contributed by atoms with Crippen molar-refractivity contribution in [3.8, 4) is 5.75 Å². The molecule has 1 rings (SSSR count). The summed E-state index contributed by atoms with van der Waals surface area (Å²) in [6.45, 7) is -0.287. The SMILES string of the molecule is CC(C)COCCOc1ccc([B-](F)(F)F)c(F)c1.[K+]. The zero-order valence-electron chi connectivity index (χ0n) is 11.8. The molecule has 0 spiro atoms. The molecule has 20 heavy (non-hydrogen) atoms. The summed E-state index contributed by atoms with van der Waals surface area (Å²) >= 11 is 0. The topological polar surface area (TPSA) is 18.5 Å². The average Bonchev–Trinajstić information content (AvgIpc) is 2.26. The van der Waals surface area contributed by atoms with Gasteiger partial charge in [0.2, 0.25) is 0 Å². The molecule has 108 valence electrons. The van der Waals surface area contributed by atoms with E-state index >= 15 is 0 Å². The standard InChI is InChI=1S/C12H16BF4O2.K/c1-9(2)8-18-5-6-19-10-3-4-11(12(14)7-10)13(15,16)17;/h3-4,7,9H,5-6,8H2,1-2H3;/q-1;+1. The molecule has 0 atom stereocenters. The van der Waals surface area contributed by atoms with Gasteiger partial charge in [0.25, 0.3) is 0 Å². The second-order valence-corrected chi connectivity index (χ2v) is 4.58. The van der Waals surface area contributed by atoms with Crippen molar-refractivity contribution >= 4 is 12.4 Å². The summed E-state index contributed by atoms with van der Waals surface area (Å²) in [7, 11) is 0. The van der Waals surface area contributed by atoms with Crippen molar-refractivity contribution in [3.63, 3.8) is 0 Å². The minimum atomic E-state index is -5.33. The van der Waals surface area contributed by atoms with Crippen molar-refractivity contribution in [2.45, 2.75) is 13.8 Å². The number of ether oxygens (including phenoxy) is 2. The average molecular weight is 318 g/mol. The first-order valence-electron chi connectivity index (χ1n) is 6.00. The number of benzene rings is 1. The molecule has 0 fully saturated rings. The van der Waals surface area contributed by atoms with Crippen LogP contribution in [-0.4, -0.2) is 26.8 Å². The second kappa shape index (κ2) is 9.42. The molecule has 1 aromatic carbocycles. The van der Waals surface area contributed by atoms with Gasteiger partial charge in [0, 0.05) is 12.7 Å². The van der Waals surface area contributed by atoms with Gasteiger partial charge in [-0.2, -0.15) is 0 Å². The van der Waals surface area contributed by atoms with E-state index in [-0.39, 0.29) is 63.7 Å². The third-order valence-electron chi connectivity index (χ3n) is 2.27. The molecular weight excluding hydrogens is 302 g/mol. The molecule has 0 aliphatic rings. The zero-order valence-corrected chi connectivity index (χ0v) is 15.0. The number of halogens is 4. The molecule has 0 radical (unpaired) electrons. The Labute approximate surface area is 158 Å². The summed E-state index contributed by atoms with van der Waals surface area (Å²) < 4.78 is 60.7. The van der Waals surface area contributed by atoms with Crippen LogP contribution in [0.3, 0.4) is 0 Å². The van der Waals surface area contributed by atoms with Gasteiger partial charge in [-0.25, -0.2) is 4.39 Å². The van der Waals surface area contributed by atoms with E-state index in [1.54, 1.807) is 0 Å². The Balaban J connectivity index is 0.00000361. The number of hydrogen-bond donors (Lipinski definition) is 0. The molecule has 0 saturated heterocycles. The Bertz CT molecular complexity index is 413. The number of rotatable bonds is 7. The van der Waals surface area contributed by atoms with Gasteiger partial charge in [-0.1, -0.05) is 25.4 Å². The van der Waals surface area contributed by atoms with Crippen LogP contribution in [0.2, 0.25) is 0 Å². The molecule has 1 aromatic rings. The molecule has 0 aliphatic carbocycles. The Kier molecular flexibility index (Phi) is 9.61. The monoisotopic (exact) mass is 318 g/mol. The molecule has 0 amide bonds. The van der Waals surface area contributed by atoms with E-state index in [2.05, 4.69) is 0 Å².